The summed E-state index contributed by atoms with van der Waals surface area (Å²) in [5.41, 5.74) is -0.0171. The Morgan fingerprint density at radius 3 is 3.12 bits per heavy atom. The van der Waals surface area contributed by atoms with Crippen LogP contribution in [0.2, 0.25) is 0 Å². The third kappa shape index (κ3) is 1.89. The smallest absolute Gasteiger partial charge is 0.406 e. The molecule has 2 N–H and O–H groups in total. The van der Waals surface area contributed by atoms with Crippen molar-refractivity contribution in [1.29, 1.82) is 0 Å². The number of hydrogen-bond donors (Lipinski definition) is 2. The summed E-state index contributed by atoms with van der Waals surface area (Å²) in [4.78, 5) is 13.3. The fourth-order valence-corrected chi connectivity index (χ4v) is 3.06. The fourth-order valence-electron chi connectivity index (χ4n) is 3.06. The van der Waals surface area contributed by atoms with E-state index in [2.05, 4.69) is 10.2 Å². The molecule has 2 heterocycles. The normalized spacial score (nSPS) is 33.8. The second-order valence-corrected chi connectivity index (χ2v) is 4.72. The second-order valence-electron chi connectivity index (χ2n) is 4.72. The average molecular weight is 228 g/mol. The highest BCUT2D eigenvalue weighted by molar-refractivity contribution is 5.66. The maximum atomic E-state index is 11.0. The highest BCUT2D eigenvalue weighted by Crippen LogP contribution is 2.41. The first-order valence-corrected chi connectivity index (χ1v) is 5.94. The van der Waals surface area contributed by atoms with E-state index < -0.39 is 0 Å². The van der Waals surface area contributed by atoms with Crippen LogP contribution in [0.25, 0.3) is 0 Å². The van der Waals surface area contributed by atoms with Gasteiger partial charge in [0.25, 0.3) is 0 Å². The molecule has 2 aliphatic heterocycles. The molecule has 5 heteroatoms. The van der Waals surface area contributed by atoms with Gasteiger partial charge in [0.1, 0.15) is 6.61 Å². The van der Waals surface area contributed by atoms with Gasteiger partial charge < -0.3 is 15.2 Å². The quantitative estimate of drug-likeness (QED) is 0.731. The lowest BCUT2D eigenvalue weighted by Crippen LogP contribution is -2.46. The standard InChI is InChI=1S/C11H20N2O3/c1-12-10(15)16-7-9-3-5-11(8-14)4-2-6-13(9)11/h9,14H,2-8H2,1H3,(H,12,15)/t9-,11-/m1/s1. The zero-order valence-corrected chi connectivity index (χ0v) is 9.74. The van der Waals surface area contributed by atoms with Crippen LogP contribution in [-0.2, 0) is 4.74 Å². The molecule has 0 bridgehead atoms. The molecule has 2 aliphatic rings. The molecule has 0 saturated carbocycles. The Kier molecular flexibility index (Phi) is 3.35. The molecular weight excluding hydrogens is 208 g/mol. The van der Waals surface area contributed by atoms with Crippen molar-refractivity contribution < 1.29 is 14.6 Å². The third-order valence-corrected chi connectivity index (χ3v) is 3.94. The molecule has 2 fully saturated rings. The summed E-state index contributed by atoms with van der Waals surface area (Å²) >= 11 is 0. The van der Waals surface area contributed by atoms with E-state index in [4.69, 9.17) is 4.74 Å². The van der Waals surface area contributed by atoms with E-state index in [1.807, 2.05) is 0 Å². The van der Waals surface area contributed by atoms with Gasteiger partial charge in [0.15, 0.2) is 0 Å². The summed E-state index contributed by atoms with van der Waals surface area (Å²) in [6.45, 7) is 1.67. The molecule has 0 aromatic rings. The molecule has 1 amide bonds. The minimum Gasteiger partial charge on any atom is -0.448 e. The number of aliphatic hydroxyl groups is 1. The predicted octanol–water partition coefficient (Wildman–Crippen LogP) is 0.332. The number of rotatable bonds is 3. The van der Waals surface area contributed by atoms with Crippen LogP contribution in [-0.4, -0.2) is 54.5 Å². The van der Waals surface area contributed by atoms with Crippen molar-refractivity contribution in [3.05, 3.63) is 0 Å². The molecule has 92 valence electrons. The van der Waals surface area contributed by atoms with Gasteiger partial charge in [0, 0.05) is 18.6 Å². The van der Waals surface area contributed by atoms with Crippen molar-refractivity contribution in [2.24, 2.45) is 0 Å². The van der Waals surface area contributed by atoms with Gasteiger partial charge in [0.2, 0.25) is 0 Å². The predicted molar refractivity (Wildman–Crippen MR) is 59.2 cm³/mol. The van der Waals surface area contributed by atoms with Gasteiger partial charge in [-0.1, -0.05) is 0 Å². The van der Waals surface area contributed by atoms with Gasteiger partial charge in [-0.3, -0.25) is 4.90 Å². The molecule has 2 atom stereocenters. The zero-order valence-electron chi connectivity index (χ0n) is 9.74. The number of alkyl carbamates (subject to hydrolysis) is 1. The maximum Gasteiger partial charge on any atom is 0.406 e. The van der Waals surface area contributed by atoms with E-state index in [-0.39, 0.29) is 24.3 Å². The SMILES string of the molecule is CNC(=O)OC[C@H]1CC[C@@]2(CO)CCCN12. The number of carbonyl (C=O) groups is 1. The molecular formula is C11H20N2O3. The number of hydrogen-bond acceptors (Lipinski definition) is 4. The molecule has 2 saturated heterocycles. The van der Waals surface area contributed by atoms with Crippen LogP contribution in [0.3, 0.4) is 0 Å². The summed E-state index contributed by atoms with van der Waals surface area (Å²) in [5.74, 6) is 0. The zero-order chi connectivity index (χ0) is 11.6. The first-order chi connectivity index (χ1) is 7.72. The Labute approximate surface area is 95.8 Å². The van der Waals surface area contributed by atoms with Crippen molar-refractivity contribution in [2.75, 3.05) is 26.8 Å². The number of fused-ring (bicyclic) bond motifs is 1. The molecule has 0 aromatic carbocycles. The van der Waals surface area contributed by atoms with E-state index in [0.717, 1.165) is 32.2 Å². The van der Waals surface area contributed by atoms with Crippen LogP contribution >= 0.6 is 0 Å². The van der Waals surface area contributed by atoms with Crippen LogP contribution < -0.4 is 5.32 Å². The van der Waals surface area contributed by atoms with Gasteiger partial charge >= 0.3 is 6.09 Å². The van der Waals surface area contributed by atoms with Gasteiger partial charge in [0.05, 0.1) is 6.61 Å². The van der Waals surface area contributed by atoms with Gasteiger partial charge in [-0.2, -0.15) is 0 Å². The van der Waals surface area contributed by atoms with E-state index in [1.54, 1.807) is 7.05 Å². The molecule has 0 unspecified atom stereocenters. The van der Waals surface area contributed by atoms with Crippen LogP contribution in [0.5, 0.6) is 0 Å². The summed E-state index contributed by atoms with van der Waals surface area (Å²) in [6, 6.07) is 0.284. The van der Waals surface area contributed by atoms with Crippen molar-refractivity contribution in [3.63, 3.8) is 0 Å². The largest absolute Gasteiger partial charge is 0.448 e. The monoisotopic (exact) mass is 228 g/mol. The van der Waals surface area contributed by atoms with Gasteiger partial charge in [-0.15, -0.1) is 0 Å². The van der Waals surface area contributed by atoms with Crippen LogP contribution in [0, 0.1) is 0 Å². The van der Waals surface area contributed by atoms with Crippen molar-refractivity contribution in [2.45, 2.75) is 37.3 Å². The van der Waals surface area contributed by atoms with E-state index in [0.29, 0.717) is 6.61 Å². The summed E-state index contributed by atoms with van der Waals surface area (Å²) in [5, 5.41) is 11.9. The Morgan fingerprint density at radius 2 is 2.44 bits per heavy atom. The van der Waals surface area contributed by atoms with E-state index in [9.17, 15) is 9.90 Å². The molecule has 0 aliphatic carbocycles. The average Bonchev–Trinajstić information content (AvgIpc) is 2.85. The molecule has 2 rings (SSSR count). The van der Waals surface area contributed by atoms with Crippen LogP contribution in [0.15, 0.2) is 0 Å². The fraction of sp³-hybridized carbons (Fsp3) is 0.909. The van der Waals surface area contributed by atoms with Crippen molar-refractivity contribution >= 4 is 6.09 Å². The summed E-state index contributed by atoms with van der Waals surface area (Å²) in [7, 11) is 1.56. The number of ether oxygens (including phenoxy) is 1. The minimum absolute atomic E-state index is 0.0171. The second kappa shape index (κ2) is 4.59. The Bertz CT molecular complexity index is 272. The van der Waals surface area contributed by atoms with E-state index >= 15 is 0 Å². The highest BCUT2D eigenvalue weighted by atomic mass is 16.5. The number of nitrogens with one attached hydrogen (secondary N) is 1. The lowest BCUT2D eigenvalue weighted by atomic mass is 9.95. The highest BCUT2D eigenvalue weighted by Gasteiger charge is 2.48. The molecule has 0 spiro atoms. The Balaban J connectivity index is 1.91. The number of carbonyl (C=O) groups excluding carboxylic acids is 1. The summed E-state index contributed by atoms with van der Waals surface area (Å²) in [6.07, 6.45) is 3.86. The third-order valence-electron chi connectivity index (χ3n) is 3.94. The summed E-state index contributed by atoms with van der Waals surface area (Å²) < 4.78 is 5.10. The number of aliphatic hydroxyl groups excluding tert-OH is 1. The minimum atomic E-state index is -0.374. The first kappa shape index (κ1) is 11.7. The van der Waals surface area contributed by atoms with E-state index in [1.165, 1.54) is 0 Å². The number of amides is 1. The molecule has 0 aromatic heterocycles. The molecule has 5 nitrogen and oxygen atoms in total. The first-order valence-electron chi connectivity index (χ1n) is 5.94. The number of nitrogens with zero attached hydrogens (tertiary/aromatic N) is 1. The Hall–Kier alpha value is -0.810. The Morgan fingerprint density at radius 1 is 1.62 bits per heavy atom. The lowest BCUT2D eigenvalue weighted by molar-refractivity contribution is 0.0511. The lowest BCUT2D eigenvalue weighted by Gasteiger charge is -2.33. The van der Waals surface area contributed by atoms with Crippen LogP contribution in [0.4, 0.5) is 4.79 Å². The van der Waals surface area contributed by atoms with Gasteiger partial charge in [-0.05, 0) is 32.2 Å². The topological polar surface area (TPSA) is 61.8 Å². The maximum absolute atomic E-state index is 11.0. The molecule has 16 heavy (non-hydrogen) atoms. The van der Waals surface area contributed by atoms with Gasteiger partial charge in [-0.25, -0.2) is 4.79 Å². The molecule has 0 radical (unpaired) electrons. The van der Waals surface area contributed by atoms with Crippen molar-refractivity contribution in [1.82, 2.24) is 10.2 Å². The van der Waals surface area contributed by atoms with Crippen molar-refractivity contribution in [3.8, 4) is 0 Å². The van der Waals surface area contributed by atoms with Crippen LogP contribution in [0.1, 0.15) is 25.7 Å².